The van der Waals surface area contributed by atoms with Gasteiger partial charge >= 0.3 is 0 Å². The molecule has 124 valence electrons. The molecule has 2 rings (SSSR count). The van der Waals surface area contributed by atoms with Crippen LogP contribution in [0, 0.1) is 20.2 Å². The van der Waals surface area contributed by atoms with Crippen LogP contribution in [0.3, 0.4) is 0 Å². The zero-order chi connectivity index (χ0) is 17.7. The number of benzene rings is 2. The SMILES string of the molecule is CC(C)(N=Nc1ccc([N+](=O)[O-])cc1)Sc1ccccc1[N+](=O)[O-]. The molecule has 0 atom stereocenters. The molecule has 24 heavy (non-hydrogen) atoms. The van der Waals surface area contributed by atoms with Gasteiger partial charge in [0.2, 0.25) is 0 Å². The predicted molar refractivity (Wildman–Crippen MR) is 90.6 cm³/mol. The standard InChI is InChI=1S/C15H14N4O4S/c1-15(2,24-14-6-4-3-5-13(14)19(22)23)17-16-11-7-9-12(10-8-11)18(20)21/h3-10H,1-2H3. The molecule has 0 amide bonds. The Labute approximate surface area is 141 Å². The number of para-hydroxylation sites is 1. The molecular formula is C15H14N4O4S. The maximum atomic E-state index is 11.1. The van der Waals surface area contributed by atoms with E-state index in [4.69, 9.17) is 0 Å². The number of azo groups is 1. The van der Waals surface area contributed by atoms with Crippen LogP contribution in [0.5, 0.6) is 0 Å². The van der Waals surface area contributed by atoms with Crippen LogP contribution in [-0.2, 0) is 0 Å². The van der Waals surface area contributed by atoms with Gasteiger partial charge in [-0.3, -0.25) is 20.2 Å². The van der Waals surface area contributed by atoms with Crippen molar-refractivity contribution in [2.75, 3.05) is 0 Å². The third kappa shape index (κ3) is 4.59. The van der Waals surface area contributed by atoms with E-state index < -0.39 is 14.7 Å². The highest BCUT2D eigenvalue weighted by atomic mass is 32.2. The van der Waals surface area contributed by atoms with Crippen LogP contribution >= 0.6 is 11.8 Å². The van der Waals surface area contributed by atoms with Crippen molar-refractivity contribution in [3.8, 4) is 0 Å². The first kappa shape index (κ1) is 17.5. The molecule has 0 aliphatic heterocycles. The highest BCUT2D eigenvalue weighted by Crippen LogP contribution is 2.39. The van der Waals surface area contributed by atoms with Crippen molar-refractivity contribution in [3.05, 3.63) is 68.8 Å². The lowest BCUT2D eigenvalue weighted by Crippen LogP contribution is -2.09. The molecule has 0 aromatic heterocycles. The maximum absolute atomic E-state index is 11.1. The fraction of sp³-hybridized carbons (Fsp3) is 0.200. The van der Waals surface area contributed by atoms with E-state index in [1.54, 1.807) is 32.0 Å². The second kappa shape index (κ2) is 7.18. The van der Waals surface area contributed by atoms with Gasteiger partial charge in [-0.15, -0.1) is 0 Å². The minimum absolute atomic E-state index is 0.0149. The normalized spacial score (nSPS) is 11.6. The van der Waals surface area contributed by atoms with Gasteiger partial charge in [0, 0.05) is 18.2 Å². The lowest BCUT2D eigenvalue weighted by molar-refractivity contribution is -0.387. The van der Waals surface area contributed by atoms with Crippen molar-refractivity contribution >= 4 is 28.8 Å². The fourth-order valence-electron chi connectivity index (χ4n) is 1.80. The van der Waals surface area contributed by atoms with E-state index in [2.05, 4.69) is 10.2 Å². The van der Waals surface area contributed by atoms with Crippen LogP contribution in [0.25, 0.3) is 0 Å². The van der Waals surface area contributed by atoms with Crippen molar-refractivity contribution < 1.29 is 9.85 Å². The minimum atomic E-state index is -0.742. The van der Waals surface area contributed by atoms with E-state index in [1.807, 2.05) is 0 Å². The predicted octanol–water partition coefficient (Wildman–Crippen LogP) is 5.12. The number of nitro groups is 2. The van der Waals surface area contributed by atoms with E-state index in [9.17, 15) is 20.2 Å². The van der Waals surface area contributed by atoms with E-state index in [0.29, 0.717) is 10.6 Å². The summed E-state index contributed by atoms with van der Waals surface area (Å²) in [6.45, 7) is 3.56. The summed E-state index contributed by atoms with van der Waals surface area (Å²) in [7, 11) is 0. The van der Waals surface area contributed by atoms with Crippen molar-refractivity contribution in [3.63, 3.8) is 0 Å². The lowest BCUT2D eigenvalue weighted by Gasteiger charge is -2.17. The zero-order valence-electron chi connectivity index (χ0n) is 12.9. The number of thioether (sulfide) groups is 1. The second-order valence-corrected chi connectivity index (χ2v) is 6.89. The van der Waals surface area contributed by atoms with E-state index in [-0.39, 0.29) is 11.4 Å². The Morgan fingerprint density at radius 2 is 1.58 bits per heavy atom. The van der Waals surface area contributed by atoms with Gasteiger partial charge in [-0.1, -0.05) is 23.9 Å². The molecule has 0 aliphatic rings. The molecule has 0 saturated heterocycles. The monoisotopic (exact) mass is 346 g/mol. The molecule has 0 N–H and O–H groups in total. The average Bonchev–Trinajstić information content (AvgIpc) is 2.53. The van der Waals surface area contributed by atoms with Crippen LogP contribution in [0.4, 0.5) is 17.1 Å². The number of rotatable bonds is 6. The van der Waals surface area contributed by atoms with Crippen LogP contribution in [0.1, 0.15) is 13.8 Å². The van der Waals surface area contributed by atoms with Gasteiger partial charge in [0.25, 0.3) is 11.4 Å². The Balaban J connectivity index is 2.16. The number of nitrogens with zero attached hydrogens (tertiary/aromatic N) is 4. The molecular weight excluding hydrogens is 332 g/mol. The second-order valence-electron chi connectivity index (χ2n) is 5.25. The summed E-state index contributed by atoms with van der Waals surface area (Å²) >= 11 is 1.22. The van der Waals surface area contributed by atoms with Crippen LogP contribution in [-0.4, -0.2) is 14.7 Å². The molecule has 0 bridgehead atoms. The van der Waals surface area contributed by atoms with Gasteiger partial charge in [0.1, 0.15) is 4.87 Å². The van der Waals surface area contributed by atoms with Gasteiger partial charge < -0.3 is 0 Å². The van der Waals surface area contributed by atoms with Crippen LogP contribution in [0.2, 0.25) is 0 Å². The van der Waals surface area contributed by atoms with Crippen LogP contribution in [0.15, 0.2) is 63.7 Å². The van der Waals surface area contributed by atoms with Crippen molar-refractivity contribution in [2.24, 2.45) is 10.2 Å². The van der Waals surface area contributed by atoms with E-state index in [0.717, 1.165) is 0 Å². The third-order valence-electron chi connectivity index (χ3n) is 2.89. The number of hydrogen-bond acceptors (Lipinski definition) is 7. The highest BCUT2D eigenvalue weighted by molar-refractivity contribution is 8.00. The number of nitro benzene ring substituents is 2. The molecule has 0 aliphatic carbocycles. The minimum Gasteiger partial charge on any atom is -0.258 e. The van der Waals surface area contributed by atoms with Crippen molar-refractivity contribution in [1.29, 1.82) is 0 Å². The molecule has 0 fully saturated rings. The summed E-state index contributed by atoms with van der Waals surface area (Å²) in [6.07, 6.45) is 0. The summed E-state index contributed by atoms with van der Waals surface area (Å²) in [4.78, 5) is 20.5. The molecule has 0 spiro atoms. The Morgan fingerprint density at radius 1 is 0.958 bits per heavy atom. The fourth-order valence-corrected chi connectivity index (χ4v) is 2.82. The first-order chi connectivity index (χ1) is 11.3. The van der Waals surface area contributed by atoms with Gasteiger partial charge in [0.15, 0.2) is 0 Å². The smallest absolute Gasteiger partial charge is 0.258 e. The zero-order valence-corrected chi connectivity index (χ0v) is 13.8. The molecule has 0 saturated carbocycles. The van der Waals surface area contributed by atoms with Gasteiger partial charge in [-0.2, -0.15) is 10.2 Å². The average molecular weight is 346 g/mol. The maximum Gasteiger partial charge on any atom is 0.282 e. The number of non-ortho nitro benzene ring substituents is 1. The van der Waals surface area contributed by atoms with Crippen molar-refractivity contribution in [1.82, 2.24) is 0 Å². The third-order valence-corrected chi connectivity index (χ3v) is 4.03. The molecule has 0 radical (unpaired) electrons. The van der Waals surface area contributed by atoms with Crippen molar-refractivity contribution in [2.45, 2.75) is 23.6 Å². The molecule has 8 nitrogen and oxygen atoms in total. The van der Waals surface area contributed by atoms with Crippen LogP contribution < -0.4 is 0 Å². The quantitative estimate of drug-likeness (QED) is 0.312. The Hall–Kier alpha value is -2.81. The highest BCUT2D eigenvalue weighted by Gasteiger charge is 2.24. The summed E-state index contributed by atoms with van der Waals surface area (Å²) in [5, 5.41) is 29.9. The Morgan fingerprint density at radius 3 is 2.17 bits per heavy atom. The van der Waals surface area contributed by atoms with Gasteiger partial charge in [0.05, 0.1) is 20.4 Å². The molecule has 0 unspecified atom stereocenters. The topological polar surface area (TPSA) is 111 Å². The van der Waals surface area contributed by atoms with Gasteiger partial charge in [-0.05, 0) is 32.0 Å². The number of hydrogen-bond donors (Lipinski definition) is 0. The van der Waals surface area contributed by atoms with E-state index >= 15 is 0 Å². The van der Waals surface area contributed by atoms with Gasteiger partial charge in [-0.25, -0.2) is 0 Å². The van der Waals surface area contributed by atoms with E-state index in [1.165, 1.54) is 42.1 Å². The summed E-state index contributed by atoms with van der Waals surface area (Å²) in [5.74, 6) is 0. The molecule has 2 aromatic rings. The molecule has 2 aromatic carbocycles. The lowest BCUT2D eigenvalue weighted by atomic mass is 10.3. The Bertz CT molecular complexity index is 790. The summed E-state index contributed by atoms with van der Waals surface area (Å²) in [5.41, 5.74) is 0.459. The first-order valence-electron chi connectivity index (χ1n) is 6.88. The first-order valence-corrected chi connectivity index (χ1v) is 7.70. The summed E-state index contributed by atoms with van der Waals surface area (Å²) in [6, 6.07) is 12.1. The molecule has 9 heteroatoms. The Kier molecular flexibility index (Phi) is 5.24. The summed E-state index contributed by atoms with van der Waals surface area (Å²) < 4.78 is 0. The molecule has 0 heterocycles. The largest absolute Gasteiger partial charge is 0.282 e.